The van der Waals surface area contributed by atoms with Gasteiger partial charge in [-0.1, -0.05) is 41.9 Å². The number of benzene rings is 2. The van der Waals surface area contributed by atoms with E-state index in [9.17, 15) is 17.6 Å². The van der Waals surface area contributed by atoms with Gasteiger partial charge in [-0.25, -0.2) is 17.5 Å². The third-order valence-electron chi connectivity index (χ3n) is 3.18. The third kappa shape index (κ3) is 5.30. The molecule has 0 aliphatic rings. The number of hydrogen-bond donors (Lipinski definition) is 2. The first kappa shape index (κ1) is 18.4. The summed E-state index contributed by atoms with van der Waals surface area (Å²) in [5.41, 5.74) is 0.951. The summed E-state index contributed by atoms with van der Waals surface area (Å²) in [5.74, 6) is -0.977. The van der Waals surface area contributed by atoms with Crippen molar-refractivity contribution in [2.24, 2.45) is 0 Å². The Morgan fingerprint density at radius 3 is 2.50 bits per heavy atom. The Balaban J connectivity index is 1.82. The highest BCUT2D eigenvalue weighted by Crippen LogP contribution is 2.19. The van der Waals surface area contributed by atoms with Crippen LogP contribution in [0.1, 0.15) is 12.0 Å². The fourth-order valence-corrected chi connectivity index (χ4v) is 3.21. The van der Waals surface area contributed by atoms with E-state index in [1.54, 1.807) is 0 Å². The van der Waals surface area contributed by atoms with Crippen LogP contribution in [0.3, 0.4) is 0 Å². The molecule has 0 fully saturated rings. The maximum atomic E-state index is 13.1. The Morgan fingerprint density at radius 2 is 1.83 bits per heavy atom. The summed E-state index contributed by atoms with van der Waals surface area (Å²) in [7, 11) is -3.84. The standard InChI is InChI=1S/C16H16ClFN2O3S/c17-14-10-13(6-7-15(14)18)24(22,23)20-9-8-16(21)19-11-12-4-2-1-3-5-12/h1-7,10,20H,8-9,11H2,(H,19,21). The van der Waals surface area contributed by atoms with Crippen molar-refractivity contribution in [2.75, 3.05) is 6.54 Å². The van der Waals surface area contributed by atoms with Crippen LogP contribution >= 0.6 is 11.6 Å². The minimum absolute atomic E-state index is 0.0129. The largest absolute Gasteiger partial charge is 0.352 e. The SMILES string of the molecule is O=C(CCNS(=O)(=O)c1ccc(F)c(Cl)c1)NCc1ccccc1. The molecule has 2 N–H and O–H groups in total. The first-order valence-electron chi connectivity index (χ1n) is 7.14. The van der Waals surface area contributed by atoms with Crippen LogP contribution in [0.15, 0.2) is 53.4 Å². The van der Waals surface area contributed by atoms with Crippen LogP contribution in [-0.4, -0.2) is 20.9 Å². The first-order valence-corrected chi connectivity index (χ1v) is 9.00. The summed E-state index contributed by atoms with van der Waals surface area (Å²) in [6.07, 6.45) is -0.0129. The monoisotopic (exact) mass is 370 g/mol. The molecule has 1 amide bonds. The van der Waals surface area contributed by atoms with Crippen LogP contribution in [0, 0.1) is 5.82 Å². The highest BCUT2D eigenvalue weighted by molar-refractivity contribution is 7.89. The molecule has 0 aromatic heterocycles. The van der Waals surface area contributed by atoms with Crippen LogP contribution in [-0.2, 0) is 21.4 Å². The molecule has 0 aliphatic carbocycles. The maximum absolute atomic E-state index is 13.1. The Kier molecular flexibility index (Phi) is 6.30. The van der Waals surface area contributed by atoms with Gasteiger partial charge in [0.25, 0.3) is 0 Å². The lowest BCUT2D eigenvalue weighted by molar-refractivity contribution is -0.121. The van der Waals surface area contributed by atoms with Gasteiger partial charge in [0.1, 0.15) is 5.82 Å². The molecule has 2 rings (SSSR count). The van der Waals surface area contributed by atoms with Crippen molar-refractivity contribution in [2.45, 2.75) is 17.9 Å². The lowest BCUT2D eigenvalue weighted by atomic mass is 10.2. The second kappa shape index (κ2) is 8.23. The Bertz CT molecular complexity index is 813. The van der Waals surface area contributed by atoms with Gasteiger partial charge in [-0.05, 0) is 23.8 Å². The van der Waals surface area contributed by atoms with Gasteiger partial charge < -0.3 is 5.32 Å². The van der Waals surface area contributed by atoms with E-state index in [0.717, 1.165) is 23.8 Å². The zero-order valence-electron chi connectivity index (χ0n) is 12.6. The molecule has 0 bridgehead atoms. The molecule has 128 valence electrons. The number of halogens is 2. The highest BCUT2D eigenvalue weighted by atomic mass is 35.5. The van der Waals surface area contributed by atoms with E-state index >= 15 is 0 Å². The average molecular weight is 371 g/mol. The van der Waals surface area contributed by atoms with Crippen molar-refractivity contribution in [1.82, 2.24) is 10.0 Å². The fourth-order valence-electron chi connectivity index (χ4n) is 1.91. The smallest absolute Gasteiger partial charge is 0.240 e. The van der Waals surface area contributed by atoms with Crippen LogP contribution in [0.5, 0.6) is 0 Å². The summed E-state index contributed by atoms with van der Waals surface area (Å²) in [6.45, 7) is 0.304. The molecule has 0 radical (unpaired) electrons. The van der Waals surface area contributed by atoms with Gasteiger partial charge in [0, 0.05) is 19.5 Å². The average Bonchev–Trinajstić information content (AvgIpc) is 2.56. The zero-order chi connectivity index (χ0) is 17.6. The third-order valence-corrected chi connectivity index (χ3v) is 4.93. The van der Waals surface area contributed by atoms with E-state index in [0.29, 0.717) is 6.54 Å². The van der Waals surface area contributed by atoms with E-state index < -0.39 is 15.8 Å². The molecular formula is C16H16ClFN2O3S. The van der Waals surface area contributed by atoms with E-state index in [-0.39, 0.29) is 28.8 Å². The van der Waals surface area contributed by atoms with Crippen LogP contribution < -0.4 is 10.0 Å². The van der Waals surface area contributed by atoms with Gasteiger partial charge in [0.2, 0.25) is 15.9 Å². The molecule has 2 aromatic rings. The van der Waals surface area contributed by atoms with Crippen molar-refractivity contribution < 1.29 is 17.6 Å². The molecule has 2 aromatic carbocycles. The minimum Gasteiger partial charge on any atom is -0.352 e. The molecule has 0 unspecified atom stereocenters. The summed E-state index contributed by atoms with van der Waals surface area (Å²) in [6, 6.07) is 12.5. The first-order chi connectivity index (χ1) is 11.4. The quantitative estimate of drug-likeness (QED) is 0.786. The number of hydrogen-bond acceptors (Lipinski definition) is 3. The Labute approximate surface area is 144 Å². The fraction of sp³-hybridized carbons (Fsp3) is 0.188. The molecule has 0 heterocycles. The molecular weight excluding hydrogens is 355 g/mol. The number of carbonyl (C=O) groups excluding carboxylic acids is 1. The summed E-state index contributed by atoms with van der Waals surface area (Å²) in [5, 5.41) is 2.42. The summed E-state index contributed by atoms with van der Waals surface area (Å²) in [4.78, 5) is 11.6. The van der Waals surface area contributed by atoms with E-state index in [1.807, 2.05) is 30.3 Å². The van der Waals surface area contributed by atoms with Crippen molar-refractivity contribution in [3.8, 4) is 0 Å². The van der Waals surface area contributed by atoms with Crippen molar-refractivity contribution >= 4 is 27.5 Å². The van der Waals surface area contributed by atoms with Gasteiger partial charge >= 0.3 is 0 Å². The minimum atomic E-state index is -3.84. The van der Waals surface area contributed by atoms with Crippen LogP contribution in [0.4, 0.5) is 4.39 Å². The summed E-state index contributed by atoms with van der Waals surface area (Å²) >= 11 is 5.57. The number of carbonyl (C=O) groups is 1. The second-order valence-corrected chi connectivity index (χ2v) is 7.16. The van der Waals surface area contributed by atoms with Crippen molar-refractivity contribution in [3.63, 3.8) is 0 Å². The molecule has 5 nitrogen and oxygen atoms in total. The van der Waals surface area contributed by atoms with E-state index in [2.05, 4.69) is 10.0 Å². The predicted octanol–water partition coefficient (Wildman–Crippen LogP) is 2.46. The predicted molar refractivity (Wildman–Crippen MR) is 89.5 cm³/mol. The van der Waals surface area contributed by atoms with Crippen molar-refractivity contribution in [1.29, 1.82) is 0 Å². The zero-order valence-corrected chi connectivity index (χ0v) is 14.2. The van der Waals surface area contributed by atoms with Crippen molar-refractivity contribution in [3.05, 3.63) is 64.9 Å². The molecule has 0 aliphatic heterocycles. The number of amides is 1. The van der Waals surface area contributed by atoms with Crippen LogP contribution in [0.2, 0.25) is 5.02 Å². The van der Waals surface area contributed by atoms with Gasteiger partial charge in [0.05, 0.1) is 9.92 Å². The summed E-state index contributed by atoms with van der Waals surface area (Å²) < 4.78 is 39.4. The molecule has 0 spiro atoms. The Morgan fingerprint density at radius 1 is 1.12 bits per heavy atom. The highest BCUT2D eigenvalue weighted by Gasteiger charge is 2.16. The molecule has 0 atom stereocenters. The molecule has 0 saturated carbocycles. The second-order valence-electron chi connectivity index (χ2n) is 4.99. The van der Waals surface area contributed by atoms with Gasteiger partial charge in [-0.15, -0.1) is 0 Å². The number of rotatable bonds is 7. The van der Waals surface area contributed by atoms with Gasteiger partial charge in [-0.2, -0.15) is 0 Å². The lowest BCUT2D eigenvalue weighted by Gasteiger charge is -2.08. The maximum Gasteiger partial charge on any atom is 0.240 e. The number of sulfonamides is 1. The lowest BCUT2D eigenvalue weighted by Crippen LogP contribution is -2.30. The molecule has 24 heavy (non-hydrogen) atoms. The molecule has 8 heteroatoms. The van der Waals surface area contributed by atoms with E-state index in [1.165, 1.54) is 0 Å². The normalized spacial score (nSPS) is 11.2. The number of nitrogens with one attached hydrogen (secondary N) is 2. The van der Waals surface area contributed by atoms with E-state index in [4.69, 9.17) is 11.6 Å². The van der Waals surface area contributed by atoms with Crippen LogP contribution in [0.25, 0.3) is 0 Å². The molecule has 0 saturated heterocycles. The van der Waals surface area contributed by atoms with Gasteiger partial charge in [-0.3, -0.25) is 4.79 Å². The Hall–Kier alpha value is -1.96. The van der Waals surface area contributed by atoms with Gasteiger partial charge in [0.15, 0.2) is 0 Å². The topological polar surface area (TPSA) is 75.3 Å².